The molecule has 0 fully saturated rings. The van der Waals surface area contributed by atoms with Gasteiger partial charge in [-0.2, -0.15) is 5.26 Å². The third kappa shape index (κ3) is 4.64. The summed E-state index contributed by atoms with van der Waals surface area (Å²) in [7, 11) is 0. The Morgan fingerprint density at radius 1 is 1.41 bits per heavy atom. The van der Waals surface area contributed by atoms with Crippen molar-refractivity contribution in [1.29, 1.82) is 5.26 Å². The number of amides is 1. The summed E-state index contributed by atoms with van der Waals surface area (Å²) >= 11 is 0. The first-order valence-electron chi connectivity index (χ1n) is 5.62. The Hall–Kier alpha value is -1.89. The molecule has 0 aliphatic carbocycles. The highest BCUT2D eigenvalue weighted by atomic mass is 16.1. The maximum absolute atomic E-state index is 10.8. The van der Waals surface area contributed by atoms with E-state index >= 15 is 0 Å². The molecule has 17 heavy (non-hydrogen) atoms. The molecular weight excluding hydrogens is 214 g/mol. The minimum atomic E-state index is -0.644. The number of nitrogens with one attached hydrogen (secondary N) is 1. The summed E-state index contributed by atoms with van der Waals surface area (Å²) in [5, 5.41) is 11.5. The molecule has 0 saturated carbocycles. The molecular formula is C13H19N3O. The number of hydrogen-bond acceptors (Lipinski definition) is 3. The first-order valence-corrected chi connectivity index (χ1v) is 5.62. The van der Waals surface area contributed by atoms with Gasteiger partial charge in [0.2, 0.25) is 5.91 Å². The van der Waals surface area contributed by atoms with Crippen molar-refractivity contribution in [3.8, 4) is 6.07 Å². The Morgan fingerprint density at radius 3 is 2.47 bits per heavy atom. The molecule has 1 N–H and O–H groups in total. The SMILES string of the molecule is CC.CC(=O)Nc1cccc(C(C)(C)C#N)n1. The van der Waals surface area contributed by atoms with Gasteiger partial charge in [0.1, 0.15) is 5.82 Å². The number of anilines is 1. The lowest BCUT2D eigenvalue weighted by atomic mass is 9.91. The summed E-state index contributed by atoms with van der Waals surface area (Å²) in [5.41, 5.74) is 0.00494. The lowest BCUT2D eigenvalue weighted by molar-refractivity contribution is -0.114. The molecule has 0 radical (unpaired) electrons. The highest BCUT2D eigenvalue weighted by Gasteiger charge is 2.21. The van der Waals surface area contributed by atoms with E-state index in [4.69, 9.17) is 5.26 Å². The van der Waals surface area contributed by atoms with E-state index in [0.29, 0.717) is 11.5 Å². The van der Waals surface area contributed by atoms with E-state index in [1.54, 1.807) is 32.0 Å². The Bertz CT molecular complexity index is 419. The molecule has 1 rings (SSSR count). The van der Waals surface area contributed by atoms with Crippen LogP contribution in [-0.2, 0) is 10.2 Å². The summed E-state index contributed by atoms with van der Waals surface area (Å²) in [6, 6.07) is 7.40. The molecule has 0 bridgehead atoms. The standard InChI is InChI=1S/C11H13N3O.C2H6/c1-8(15)13-10-6-4-5-9(14-10)11(2,3)7-12;1-2/h4-6H,1-3H3,(H,13,14,15);1-2H3. The van der Waals surface area contributed by atoms with Crippen LogP contribution in [0.15, 0.2) is 18.2 Å². The smallest absolute Gasteiger partial charge is 0.222 e. The van der Waals surface area contributed by atoms with Crippen LogP contribution in [0.4, 0.5) is 5.82 Å². The molecule has 0 unspecified atom stereocenters. The maximum atomic E-state index is 10.8. The van der Waals surface area contributed by atoms with Crippen LogP contribution in [0, 0.1) is 11.3 Å². The van der Waals surface area contributed by atoms with Crippen molar-refractivity contribution < 1.29 is 4.79 Å². The summed E-state index contributed by atoms with van der Waals surface area (Å²) in [6.45, 7) is 8.99. The van der Waals surface area contributed by atoms with Gasteiger partial charge in [0.15, 0.2) is 0 Å². The number of carbonyl (C=O) groups is 1. The van der Waals surface area contributed by atoms with Gasteiger partial charge in [-0.25, -0.2) is 4.98 Å². The molecule has 0 aliphatic heterocycles. The molecule has 0 aliphatic rings. The fourth-order valence-electron chi connectivity index (χ4n) is 1.09. The zero-order valence-corrected chi connectivity index (χ0v) is 11.0. The van der Waals surface area contributed by atoms with Gasteiger partial charge in [0.05, 0.1) is 17.2 Å². The zero-order valence-electron chi connectivity index (χ0n) is 11.0. The quantitative estimate of drug-likeness (QED) is 0.854. The van der Waals surface area contributed by atoms with Gasteiger partial charge in [-0.3, -0.25) is 4.79 Å². The molecule has 92 valence electrons. The van der Waals surface area contributed by atoms with Crippen molar-refractivity contribution >= 4 is 11.7 Å². The molecule has 1 amide bonds. The minimum Gasteiger partial charge on any atom is -0.311 e. The lowest BCUT2D eigenvalue weighted by Crippen LogP contribution is -2.17. The molecule has 1 heterocycles. The van der Waals surface area contributed by atoms with Crippen LogP contribution in [0.1, 0.15) is 40.3 Å². The number of carbonyl (C=O) groups excluding carboxylic acids is 1. The summed E-state index contributed by atoms with van der Waals surface area (Å²) in [4.78, 5) is 15.0. The lowest BCUT2D eigenvalue weighted by Gasteiger charge is -2.15. The van der Waals surface area contributed by atoms with Gasteiger partial charge in [0, 0.05) is 6.92 Å². The Labute approximate surface area is 103 Å². The van der Waals surface area contributed by atoms with Crippen molar-refractivity contribution in [3.05, 3.63) is 23.9 Å². The minimum absolute atomic E-state index is 0.172. The third-order valence-corrected chi connectivity index (χ3v) is 1.97. The molecule has 4 nitrogen and oxygen atoms in total. The van der Waals surface area contributed by atoms with Crippen LogP contribution in [0.3, 0.4) is 0 Å². The maximum Gasteiger partial charge on any atom is 0.222 e. The van der Waals surface area contributed by atoms with Crippen LogP contribution >= 0.6 is 0 Å². The summed E-state index contributed by atoms with van der Waals surface area (Å²) < 4.78 is 0. The first-order chi connectivity index (χ1) is 7.95. The predicted molar refractivity (Wildman–Crippen MR) is 68.5 cm³/mol. The van der Waals surface area contributed by atoms with Crippen LogP contribution in [0.25, 0.3) is 0 Å². The topological polar surface area (TPSA) is 65.8 Å². The Morgan fingerprint density at radius 2 is 2.00 bits per heavy atom. The van der Waals surface area contributed by atoms with Crippen LogP contribution < -0.4 is 5.32 Å². The van der Waals surface area contributed by atoms with Crippen LogP contribution in [0.2, 0.25) is 0 Å². The number of aromatic nitrogens is 1. The van der Waals surface area contributed by atoms with Gasteiger partial charge >= 0.3 is 0 Å². The Balaban J connectivity index is 0.00000121. The summed E-state index contributed by atoms with van der Waals surface area (Å²) in [5.74, 6) is 0.303. The number of rotatable bonds is 2. The van der Waals surface area contributed by atoms with Crippen molar-refractivity contribution in [2.75, 3.05) is 5.32 Å². The van der Waals surface area contributed by atoms with E-state index in [2.05, 4.69) is 16.4 Å². The average molecular weight is 233 g/mol. The monoisotopic (exact) mass is 233 g/mol. The average Bonchev–Trinajstić information content (AvgIpc) is 2.31. The van der Waals surface area contributed by atoms with Crippen molar-refractivity contribution in [2.24, 2.45) is 0 Å². The van der Waals surface area contributed by atoms with Crippen LogP contribution in [0.5, 0.6) is 0 Å². The molecule has 0 atom stereocenters. The molecule has 0 spiro atoms. The fourth-order valence-corrected chi connectivity index (χ4v) is 1.09. The van der Waals surface area contributed by atoms with E-state index in [1.165, 1.54) is 6.92 Å². The van der Waals surface area contributed by atoms with Gasteiger partial charge < -0.3 is 5.32 Å². The molecule has 1 aromatic rings. The second-order valence-electron chi connectivity index (χ2n) is 3.83. The number of pyridine rings is 1. The molecule has 4 heteroatoms. The second kappa shape index (κ2) is 6.64. The zero-order chi connectivity index (χ0) is 13.5. The number of nitriles is 1. The summed E-state index contributed by atoms with van der Waals surface area (Å²) in [6.07, 6.45) is 0. The normalized spacial score (nSPS) is 9.65. The van der Waals surface area contributed by atoms with E-state index in [-0.39, 0.29) is 5.91 Å². The van der Waals surface area contributed by atoms with Gasteiger partial charge in [0.25, 0.3) is 0 Å². The highest BCUT2D eigenvalue weighted by molar-refractivity contribution is 5.87. The largest absolute Gasteiger partial charge is 0.311 e. The van der Waals surface area contributed by atoms with Crippen molar-refractivity contribution in [2.45, 2.75) is 40.0 Å². The first kappa shape index (κ1) is 15.1. The number of hydrogen-bond donors (Lipinski definition) is 1. The van der Waals surface area contributed by atoms with Gasteiger partial charge in [-0.15, -0.1) is 0 Å². The van der Waals surface area contributed by atoms with Gasteiger partial charge in [-0.05, 0) is 26.0 Å². The van der Waals surface area contributed by atoms with E-state index in [1.807, 2.05) is 13.8 Å². The van der Waals surface area contributed by atoms with E-state index in [0.717, 1.165) is 0 Å². The van der Waals surface area contributed by atoms with E-state index < -0.39 is 5.41 Å². The highest BCUT2D eigenvalue weighted by Crippen LogP contribution is 2.21. The molecule has 1 aromatic heterocycles. The van der Waals surface area contributed by atoms with Gasteiger partial charge in [-0.1, -0.05) is 19.9 Å². The molecule has 0 saturated heterocycles. The second-order valence-corrected chi connectivity index (χ2v) is 3.83. The van der Waals surface area contributed by atoms with Crippen molar-refractivity contribution in [1.82, 2.24) is 4.98 Å². The molecule has 0 aromatic carbocycles. The third-order valence-electron chi connectivity index (χ3n) is 1.97. The van der Waals surface area contributed by atoms with E-state index in [9.17, 15) is 4.79 Å². The number of nitrogens with zero attached hydrogens (tertiary/aromatic N) is 2. The van der Waals surface area contributed by atoms with Crippen molar-refractivity contribution in [3.63, 3.8) is 0 Å². The fraction of sp³-hybridized carbons (Fsp3) is 0.462. The predicted octanol–water partition coefficient (Wildman–Crippen LogP) is 2.87. The Kier molecular flexibility index (Phi) is 5.90. The van der Waals surface area contributed by atoms with Crippen LogP contribution in [-0.4, -0.2) is 10.9 Å².